The Kier molecular flexibility index (Phi) is 10.6. The molecular formula is C29H36N2O5. The van der Waals surface area contributed by atoms with E-state index in [1.165, 1.54) is 0 Å². The van der Waals surface area contributed by atoms with Gasteiger partial charge in [0.05, 0.1) is 26.9 Å². The summed E-state index contributed by atoms with van der Waals surface area (Å²) in [7, 11) is 4.90. The Hall–Kier alpha value is -3.55. The molecule has 0 aliphatic rings. The van der Waals surface area contributed by atoms with Gasteiger partial charge < -0.3 is 24.3 Å². The molecule has 3 aromatic carbocycles. The van der Waals surface area contributed by atoms with Gasteiger partial charge in [-0.1, -0.05) is 54.6 Å². The number of hydrogen-bond donors (Lipinski definition) is 1. The van der Waals surface area contributed by atoms with Crippen molar-refractivity contribution in [3.05, 3.63) is 90.0 Å². The molecule has 0 saturated heterocycles. The Morgan fingerprint density at radius 2 is 1.56 bits per heavy atom. The number of rotatable bonds is 14. The van der Waals surface area contributed by atoms with Crippen LogP contribution in [-0.2, 0) is 16.1 Å². The fraction of sp³-hybridized carbons (Fsp3) is 0.345. The predicted octanol–water partition coefficient (Wildman–Crippen LogP) is 4.48. The summed E-state index contributed by atoms with van der Waals surface area (Å²) in [6.45, 7) is 4.08. The van der Waals surface area contributed by atoms with Gasteiger partial charge in [-0.15, -0.1) is 0 Å². The smallest absolute Gasteiger partial charge is 0.262 e. The lowest BCUT2D eigenvalue weighted by atomic mass is 10.1. The summed E-state index contributed by atoms with van der Waals surface area (Å²) in [5.41, 5.74) is 2.06. The molecule has 36 heavy (non-hydrogen) atoms. The van der Waals surface area contributed by atoms with Gasteiger partial charge in [-0.25, -0.2) is 0 Å². The van der Waals surface area contributed by atoms with Crippen molar-refractivity contribution in [2.45, 2.75) is 25.6 Å². The Bertz CT molecular complexity index is 1060. The van der Waals surface area contributed by atoms with Gasteiger partial charge in [0.1, 0.15) is 5.75 Å². The second-order valence-corrected chi connectivity index (χ2v) is 8.48. The molecule has 0 heterocycles. The van der Waals surface area contributed by atoms with Crippen LogP contribution in [0.1, 0.15) is 24.1 Å². The van der Waals surface area contributed by atoms with E-state index in [2.05, 4.69) is 10.2 Å². The number of carbonyl (C=O) groups is 1. The van der Waals surface area contributed by atoms with Crippen molar-refractivity contribution in [3.8, 4) is 17.2 Å². The van der Waals surface area contributed by atoms with Crippen molar-refractivity contribution >= 4 is 5.91 Å². The third kappa shape index (κ3) is 8.00. The summed E-state index contributed by atoms with van der Waals surface area (Å²) in [5.74, 6) is 1.80. The van der Waals surface area contributed by atoms with Crippen molar-refractivity contribution in [2.75, 3.05) is 41.0 Å². The van der Waals surface area contributed by atoms with Gasteiger partial charge >= 0.3 is 0 Å². The van der Waals surface area contributed by atoms with Crippen LogP contribution in [0.25, 0.3) is 0 Å². The molecule has 1 N–H and O–H groups in total. The first-order valence-corrected chi connectivity index (χ1v) is 12.0. The van der Waals surface area contributed by atoms with Crippen LogP contribution in [0, 0.1) is 0 Å². The maximum Gasteiger partial charge on any atom is 0.262 e. The molecule has 0 spiro atoms. The lowest BCUT2D eigenvalue weighted by Gasteiger charge is -2.28. The normalized spacial score (nSPS) is 12.6. The maximum absolute atomic E-state index is 13.4. The quantitative estimate of drug-likeness (QED) is 0.358. The molecule has 0 aliphatic carbocycles. The third-order valence-corrected chi connectivity index (χ3v) is 5.86. The van der Waals surface area contributed by atoms with E-state index in [0.717, 1.165) is 11.1 Å². The number of carbonyl (C=O) groups excluding carboxylic acids is 1. The third-order valence-electron chi connectivity index (χ3n) is 5.86. The zero-order valence-corrected chi connectivity index (χ0v) is 21.5. The molecule has 0 aromatic heterocycles. The summed E-state index contributed by atoms with van der Waals surface area (Å²) in [5, 5.41) is 3.12. The van der Waals surface area contributed by atoms with Crippen LogP contribution in [0.15, 0.2) is 78.9 Å². The minimum atomic E-state index is -0.726. The number of methoxy groups -OCH3 is 3. The molecule has 2 unspecified atom stereocenters. The fourth-order valence-corrected chi connectivity index (χ4v) is 3.90. The summed E-state index contributed by atoms with van der Waals surface area (Å²) < 4.78 is 22.4. The molecule has 2 atom stereocenters. The zero-order chi connectivity index (χ0) is 25.8. The first-order valence-electron chi connectivity index (χ1n) is 12.0. The van der Waals surface area contributed by atoms with E-state index in [1.807, 2.05) is 85.8 Å². The van der Waals surface area contributed by atoms with Crippen molar-refractivity contribution in [2.24, 2.45) is 0 Å². The van der Waals surface area contributed by atoms with Crippen LogP contribution in [0.3, 0.4) is 0 Å². The maximum atomic E-state index is 13.4. The minimum Gasteiger partial charge on any atom is -0.493 e. The average molecular weight is 493 g/mol. The summed E-state index contributed by atoms with van der Waals surface area (Å²) in [6, 6.07) is 25.0. The Morgan fingerprint density at radius 3 is 2.19 bits per heavy atom. The molecule has 0 fully saturated rings. The van der Waals surface area contributed by atoms with Crippen LogP contribution in [0.4, 0.5) is 0 Å². The van der Waals surface area contributed by atoms with Crippen molar-refractivity contribution in [1.29, 1.82) is 0 Å². The molecule has 0 saturated carbocycles. The number of benzene rings is 3. The van der Waals surface area contributed by atoms with E-state index < -0.39 is 6.10 Å². The fourth-order valence-electron chi connectivity index (χ4n) is 3.90. The highest BCUT2D eigenvalue weighted by molar-refractivity contribution is 5.81. The summed E-state index contributed by atoms with van der Waals surface area (Å²) >= 11 is 0. The molecule has 0 aliphatic heterocycles. The van der Waals surface area contributed by atoms with Gasteiger partial charge in [-0.2, -0.15) is 0 Å². The van der Waals surface area contributed by atoms with Gasteiger partial charge in [-0.05, 0) is 42.3 Å². The highest BCUT2D eigenvalue weighted by Gasteiger charge is 2.26. The highest BCUT2D eigenvalue weighted by Crippen LogP contribution is 2.28. The van der Waals surface area contributed by atoms with E-state index >= 15 is 0 Å². The van der Waals surface area contributed by atoms with E-state index in [0.29, 0.717) is 43.5 Å². The highest BCUT2D eigenvalue weighted by atomic mass is 16.5. The number of amides is 1. The Labute approximate surface area is 213 Å². The van der Waals surface area contributed by atoms with Gasteiger partial charge in [0.2, 0.25) is 0 Å². The standard InChI is InChI=1S/C29H36N2O5/c1-22(24-11-7-5-8-12-24)30-29(32)28(36-25-13-9-6-10-14-25)21-31(17-18-33-2)20-23-15-16-26(34-3)27(19-23)35-4/h5-16,19,22,28H,17-18,20-21H2,1-4H3,(H,30,32). The molecule has 7 nitrogen and oxygen atoms in total. The molecule has 3 aromatic rings. The number of ether oxygens (including phenoxy) is 4. The Morgan fingerprint density at radius 1 is 0.889 bits per heavy atom. The van der Waals surface area contributed by atoms with Crippen LogP contribution >= 0.6 is 0 Å². The minimum absolute atomic E-state index is 0.154. The first kappa shape index (κ1) is 27.0. The average Bonchev–Trinajstić information content (AvgIpc) is 2.92. The van der Waals surface area contributed by atoms with Crippen molar-refractivity contribution in [3.63, 3.8) is 0 Å². The number of hydrogen-bond acceptors (Lipinski definition) is 6. The van der Waals surface area contributed by atoms with Crippen LogP contribution in [0.2, 0.25) is 0 Å². The van der Waals surface area contributed by atoms with Gasteiger partial charge in [-0.3, -0.25) is 9.69 Å². The molecular weight excluding hydrogens is 456 g/mol. The lowest BCUT2D eigenvalue weighted by Crippen LogP contribution is -2.47. The SMILES string of the molecule is COCCN(Cc1ccc(OC)c(OC)c1)CC(Oc1ccccc1)C(=O)NC(C)c1ccccc1. The summed E-state index contributed by atoms with van der Waals surface area (Å²) in [6.07, 6.45) is -0.726. The summed E-state index contributed by atoms with van der Waals surface area (Å²) in [4.78, 5) is 15.6. The second kappa shape index (κ2) is 14.1. The first-order chi connectivity index (χ1) is 17.5. The largest absolute Gasteiger partial charge is 0.493 e. The van der Waals surface area contributed by atoms with Crippen LogP contribution in [-0.4, -0.2) is 57.9 Å². The van der Waals surface area contributed by atoms with Gasteiger partial charge in [0.15, 0.2) is 17.6 Å². The molecule has 7 heteroatoms. The number of nitrogens with one attached hydrogen (secondary N) is 1. The topological polar surface area (TPSA) is 69.3 Å². The van der Waals surface area contributed by atoms with E-state index in [9.17, 15) is 4.79 Å². The zero-order valence-electron chi connectivity index (χ0n) is 21.5. The van der Waals surface area contributed by atoms with E-state index in [-0.39, 0.29) is 11.9 Å². The predicted molar refractivity (Wildman–Crippen MR) is 141 cm³/mol. The monoisotopic (exact) mass is 492 g/mol. The van der Waals surface area contributed by atoms with Gasteiger partial charge in [0.25, 0.3) is 5.91 Å². The number of nitrogens with zero attached hydrogens (tertiary/aromatic N) is 1. The molecule has 1 amide bonds. The second-order valence-electron chi connectivity index (χ2n) is 8.48. The lowest BCUT2D eigenvalue weighted by molar-refractivity contribution is -0.129. The van der Waals surface area contributed by atoms with E-state index in [4.69, 9.17) is 18.9 Å². The van der Waals surface area contributed by atoms with Crippen molar-refractivity contribution < 1.29 is 23.7 Å². The molecule has 192 valence electrons. The number of para-hydroxylation sites is 1. The molecule has 0 radical (unpaired) electrons. The van der Waals surface area contributed by atoms with Crippen LogP contribution < -0.4 is 19.5 Å². The molecule has 0 bridgehead atoms. The Balaban J connectivity index is 1.80. The van der Waals surface area contributed by atoms with Crippen LogP contribution in [0.5, 0.6) is 17.2 Å². The molecule has 3 rings (SSSR count). The van der Waals surface area contributed by atoms with Crippen molar-refractivity contribution in [1.82, 2.24) is 10.2 Å². The van der Waals surface area contributed by atoms with E-state index in [1.54, 1.807) is 21.3 Å². The van der Waals surface area contributed by atoms with Gasteiger partial charge in [0, 0.05) is 26.7 Å².